The number of nitrogens with zero attached hydrogens (tertiary/aromatic N) is 3. The first-order chi connectivity index (χ1) is 22.7. The monoisotopic (exact) mass is 707 g/mol. The van der Waals surface area contributed by atoms with Gasteiger partial charge in [0.05, 0.1) is 24.5 Å². The van der Waals surface area contributed by atoms with Crippen LogP contribution in [0.4, 0.5) is 9.59 Å². The molecule has 7 rings (SSSR count). The number of carbonyl (C=O) groups is 3. The molecule has 0 unspecified atom stereocenters. The first-order valence-corrected chi connectivity index (χ1v) is 17.0. The minimum absolute atomic E-state index is 0.126. The molecular formula is C34H38BrN5O7. The quantitative estimate of drug-likeness (QED) is 0.303. The topological polar surface area (TPSA) is 135 Å². The molecule has 1 aliphatic carbocycles. The fraction of sp³-hybridized carbons (Fsp3) is 0.471. The Bertz CT molecular complexity index is 1620. The van der Waals surface area contributed by atoms with E-state index < -0.39 is 30.4 Å². The van der Waals surface area contributed by atoms with Crippen molar-refractivity contribution in [2.75, 3.05) is 13.3 Å². The molecule has 2 aromatic carbocycles. The second-order valence-electron chi connectivity index (χ2n) is 12.9. The van der Waals surface area contributed by atoms with Crippen LogP contribution in [0.5, 0.6) is 11.5 Å². The molecule has 0 spiro atoms. The van der Waals surface area contributed by atoms with Crippen LogP contribution in [0.2, 0.25) is 0 Å². The van der Waals surface area contributed by atoms with Gasteiger partial charge in [-0.05, 0) is 72.6 Å². The van der Waals surface area contributed by atoms with Crippen LogP contribution < -0.4 is 14.8 Å². The Labute approximate surface area is 281 Å². The Hall–Kier alpha value is -4.26. The predicted octanol–water partition coefficient (Wildman–Crippen LogP) is 6.06. The standard InChI is InChI=1S/C34H38BrN5O7/c1-19(2)30(38-33(42)46-24-5-3-4-6-24)32(41)40-17-25(13-27(40)31-36-14-26(37-31)20-7-9-23(35)10-8-20)47-34(43)39-15-21-11-28-29(45-18-44-28)12-22(21)16-39/h7-12,14,19,24-25,27,30H,3-6,13,15-18H2,1-2H3,(H,36,37)(H,38,42)/t25-,27+,30+/m1/s1. The van der Waals surface area contributed by atoms with Crippen molar-refractivity contribution in [3.63, 3.8) is 0 Å². The van der Waals surface area contributed by atoms with Gasteiger partial charge in [0.25, 0.3) is 0 Å². The maximum atomic E-state index is 14.2. The van der Waals surface area contributed by atoms with Gasteiger partial charge in [-0.2, -0.15) is 0 Å². The smallest absolute Gasteiger partial charge is 0.410 e. The summed E-state index contributed by atoms with van der Waals surface area (Å²) in [7, 11) is 0. The van der Waals surface area contributed by atoms with Crippen molar-refractivity contribution < 1.29 is 33.3 Å². The van der Waals surface area contributed by atoms with E-state index in [1.165, 1.54) is 0 Å². The Balaban J connectivity index is 1.09. The lowest BCUT2D eigenvalue weighted by atomic mass is 10.0. The normalized spacial score (nSPS) is 20.9. The number of benzene rings is 2. The fourth-order valence-electron chi connectivity index (χ4n) is 6.81. The molecule has 12 nitrogen and oxygen atoms in total. The number of aromatic nitrogens is 2. The average Bonchev–Trinajstić information content (AvgIpc) is 3.88. The summed E-state index contributed by atoms with van der Waals surface area (Å²) < 4.78 is 23.6. The Morgan fingerprint density at radius 1 is 1.00 bits per heavy atom. The maximum Gasteiger partial charge on any atom is 0.410 e. The average molecular weight is 709 g/mol. The molecule has 0 radical (unpaired) electrons. The number of ether oxygens (including phenoxy) is 4. The van der Waals surface area contributed by atoms with Crippen molar-refractivity contribution in [1.82, 2.24) is 25.1 Å². The van der Waals surface area contributed by atoms with E-state index in [1.807, 2.05) is 50.2 Å². The van der Waals surface area contributed by atoms with Gasteiger partial charge in [0.15, 0.2) is 11.5 Å². The van der Waals surface area contributed by atoms with Crippen molar-refractivity contribution in [1.29, 1.82) is 0 Å². The molecule has 13 heteroatoms. The van der Waals surface area contributed by atoms with Gasteiger partial charge in [-0.15, -0.1) is 0 Å². The number of alkyl carbamates (subject to hydrolysis) is 1. The van der Waals surface area contributed by atoms with Gasteiger partial charge in [-0.25, -0.2) is 14.6 Å². The van der Waals surface area contributed by atoms with Crippen LogP contribution in [0.25, 0.3) is 11.3 Å². The molecule has 4 heterocycles. The van der Waals surface area contributed by atoms with Crippen LogP contribution in [0, 0.1) is 5.92 Å². The molecule has 3 aromatic rings. The minimum atomic E-state index is -0.832. The number of hydrogen-bond acceptors (Lipinski definition) is 8. The summed E-state index contributed by atoms with van der Waals surface area (Å²) in [5.74, 6) is 1.43. The number of aromatic amines is 1. The SMILES string of the molecule is CC(C)[C@H](NC(=O)OC1CCCC1)C(=O)N1C[C@H](OC(=O)N2Cc3cc4c(cc3C2)OCO4)C[C@H]1c1ncc(-c2ccc(Br)cc2)[nH]1. The number of likely N-dealkylation sites (tertiary alicyclic amines) is 1. The molecule has 1 saturated carbocycles. The van der Waals surface area contributed by atoms with Gasteiger partial charge in [0.1, 0.15) is 24.1 Å². The summed E-state index contributed by atoms with van der Waals surface area (Å²) >= 11 is 3.47. The highest BCUT2D eigenvalue weighted by molar-refractivity contribution is 9.10. The lowest BCUT2D eigenvalue weighted by molar-refractivity contribution is -0.136. The highest BCUT2D eigenvalue weighted by Gasteiger charge is 2.44. The maximum absolute atomic E-state index is 14.2. The zero-order valence-corrected chi connectivity index (χ0v) is 28.0. The van der Waals surface area contributed by atoms with Crippen molar-refractivity contribution >= 4 is 34.0 Å². The molecule has 1 saturated heterocycles. The van der Waals surface area contributed by atoms with Gasteiger partial charge in [-0.3, -0.25) is 9.69 Å². The molecule has 3 atom stereocenters. The third kappa shape index (κ3) is 6.63. The molecule has 1 aromatic heterocycles. The molecule has 2 fully saturated rings. The number of fused-ring (bicyclic) bond motifs is 2. The summed E-state index contributed by atoms with van der Waals surface area (Å²) in [6, 6.07) is 10.3. The first-order valence-electron chi connectivity index (χ1n) is 16.2. The van der Waals surface area contributed by atoms with Gasteiger partial charge in [0.2, 0.25) is 12.7 Å². The van der Waals surface area contributed by atoms with Crippen LogP contribution in [-0.2, 0) is 27.4 Å². The van der Waals surface area contributed by atoms with Crippen molar-refractivity contribution in [2.45, 2.75) is 83.3 Å². The number of rotatable bonds is 7. The lowest BCUT2D eigenvalue weighted by Gasteiger charge is -2.30. The molecule has 2 N–H and O–H groups in total. The number of halogens is 1. The third-order valence-electron chi connectivity index (χ3n) is 9.34. The molecule has 3 aliphatic heterocycles. The van der Waals surface area contributed by atoms with Crippen molar-refractivity contribution in [3.8, 4) is 22.8 Å². The van der Waals surface area contributed by atoms with Gasteiger partial charge >= 0.3 is 12.2 Å². The zero-order valence-electron chi connectivity index (χ0n) is 26.4. The molecule has 3 amide bonds. The van der Waals surface area contributed by atoms with Crippen LogP contribution >= 0.6 is 15.9 Å². The summed E-state index contributed by atoms with van der Waals surface area (Å²) in [5, 5.41) is 2.83. The number of nitrogens with one attached hydrogen (secondary N) is 2. The molecule has 248 valence electrons. The van der Waals surface area contributed by atoms with E-state index >= 15 is 0 Å². The van der Waals surface area contributed by atoms with Gasteiger partial charge in [0, 0.05) is 24.0 Å². The lowest BCUT2D eigenvalue weighted by Crippen LogP contribution is -2.52. The van der Waals surface area contributed by atoms with Gasteiger partial charge < -0.3 is 34.1 Å². The first kappa shape index (κ1) is 31.3. The summed E-state index contributed by atoms with van der Waals surface area (Å²) in [6.45, 7) is 4.90. The largest absolute Gasteiger partial charge is 0.454 e. The van der Waals surface area contributed by atoms with Crippen LogP contribution in [-0.4, -0.2) is 69.4 Å². The van der Waals surface area contributed by atoms with E-state index in [1.54, 1.807) is 16.0 Å². The van der Waals surface area contributed by atoms with Crippen LogP contribution in [0.3, 0.4) is 0 Å². The molecular weight excluding hydrogens is 670 g/mol. The van der Waals surface area contributed by atoms with E-state index in [4.69, 9.17) is 18.9 Å². The van der Waals surface area contributed by atoms with E-state index in [9.17, 15) is 14.4 Å². The van der Waals surface area contributed by atoms with Crippen LogP contribution in [0.15, 0.2) is 47.1 Å². The summed E-state index contributed by atoms with van der Waals surface area (Å²) in [4.78, 5) is 51.9. The number of H-pyrrole nitrogens is 1. The van der Waals surface area contributed by atoms with E-state index in [0.29, 0.717) is 36.8 Å². The fourth-order valence-corrected chi connectivity index (χ4v) is 7.08. The summed E-state index contributed by atoms with van der Waals surface area (Å²) in [5.41, 5.74) is 3.71. The van der Waals surface area contributed by atoms with E-state index in [2.05, 4.69) is 31.2 Å². The zero-order chi connectivity index (χ0) is 32.7. The third-order valence-corrected chi connectivity index (χ3v) is 9.87. The Morgan fingerprint density at radius 3 is 2.34 bits per heavy atom. The van der Waals surface area contributed by atoms with Crippen molar-refractivity contribution in [3.05, 3.63) is 64.0 Å². The highest BCUT2D eigenvalue weighted by Crippen LogP contribution is 2.39. The number of carbonyl (C=O) groups excluding carboxylic acids is 3. The second-order valence-corrected chi connectivity index (χ2v) is 13.9. The highest BCUT2D eigenvalue weighted by atomic mass is 79.9. The summed E-state index contributed by atoms with van der Waals surface area (Å²) in [6.07, 6.45) is 4.04. The number of imidazole rings is 1. The Kier molecular flexibility index (Phi) is 8.73. The molecule has 47 heavy (non-hydrogen) atoms. The Morgan fingerprint density at radius 2 is 1.68 bits per heavy atom. The van der Waals surface area contributed by atoms with E-state index in [0.717, 1.165) is 52.5 Å². The minimum Gasteiger partial charge on any atom is -0.454 e. The van der Waals surface area contributed by atoms with E-state index in [-0.39, 0.29) is 31.3 Å². The van der Waals surface area contributed by atoms with Crippen molar-refractivity contribution in [2.24, 2.45) is 5.92 Å². The molecule has 0 bridgehead atoms. The molecule has 4 aliphatic rings. The number of amides is 3. The number of hydrogen-bond donors (Lipinski definition) is 2. The predicted molar refractivity (Wildman–Crippen MR) is 173 cm³/mol. The second kappa shape index (κ2) is 13.1. The van der Waals surface area contributed by atoms with Crippen LogP contribution in [0.1, 0.15) is 68.9 Å². The van der Waals surface area contributed by atoms with Gasteiger partial charge in [-0.1, -0.05) is 41.9 Å².